The van der Waals surface area contributed by atoms with Crippen LogP contribution in [-0.2, 0) is 24.0 Å². The van der Waals surface area contributed by atoms with Crippen LogP contribution in [0.1, 0.15) is 52.7 Å². The van der Waals surface area contributed by atoms with Gasteiger partial charge in [-0.25, -0.2) is 4.39 Å². The first-order valence-corrected chi connectivity index (χ1v) is 11.1. The van der Waals surface area contributed by atoms with Crippen molar-refractivity contribution in [1.82, 2.24) is 4.98 Å². The number of esters is 1. The molecule has 0 N–H and O–H groups in total. The fourth-order valence-electron chi connectivity index (χ4n) is 4.03. The van der Waals surface area contributed by atoms with Gasteiger partial charge >= 0.3 is 5.97 Å². The van der Waals surface area contributed by atoms with E-state index in [0.29, 0.717) is 11.4 Å². The van der Waals surface area contributed by atoms with Crippen molar-refractivity contribution >= 4 is 34.0 Å². The second-order valence-electron chi connectivity index (χ2n) is 8.90. The summed E-state index contributed by atoms with van der Waals surface area (Å²) in [5.74, 6) is -3.26. The molecule has 176 valence electrons. The zero-order valence-electron chi connectivity index (χ0n) is 19.3. The van der Waals surface area contributed by atoms with Gasteiger partial charge in [-0.3, -0.25) is 19.4 Å². The average molecular weight is 457 g/mol. The highest BCUT2D eigenvalue weighted by atomic mass is 19.1. The minimum atomic E-state index is -1.33. The molecular weight excluding hydrogens is 427 g/mol. The molecule has 1 aliphatic heterocycles. The van der Waals surface area contributed by atoms with Gasteiger partial charge in [0.25, 0.3) is 0 Å². The first-order valence-electron chi connectivity index (χ1n) is 11.1. The highest BCUT2D eigenvalue weighted by molar-refractivity contribution is 6.12. The number of Topliss-reactive ketones (excluding diaryl/α,β-unsaturated/α-hetero) is 2. The van der Waals surface area contributed by atoms with Crippen molar-refractivity contribution in [1.29, 1.82) is 0 Å². The van der Waals surface area contributed by atoms with E-state index in [0.717, 1.165) is 10.8 Å². The van der Waals surface area contributed by atoms with Gasteiger partial charge in [0.15, 0.2) is 11.6 Å². The second-order valence-corrected chi connectivity index (χ2v) is 8.90. The van der Waals surface area contributed by atoms with Crippen LogP contribution < -0.4 is 0 Å². The van der Waals surface area contributed by atoms with Crippen LogP contribution in [0.2, 0.25) is 0 Å². The van der Waals surface area contributed by atoms with Gasteiger partial charge in [0.2, 0.25) is 5.60 Å². The number of carbonyl (C=O) groups is 3. The molecular formula is C25H29FN2O5. The molecule has 3 rings (SSSR count). The Morgan fingerprint density at radius 2 is 1.85 bits per heavy atom. The number of rotatable bonds is 10. The van der Waals surface area contributed by atoms with Gasteiger partial charge in [-0.2, -0.15) is 0 Å². The molecule has 2 aromatic rings. The van der Waals surface area contributed by atoms with Gasteiger partial charge in [0, 0.05) is 36.3 Å². The van der Waals surface area contributed by atoms with E-state index in [4.69, 9.17) is 9.57 Å². The SMILES string of the molecule is CC(C)OC(=O)C[C@H](CC(=O)[C@]1(C(C)C)CC(c2nccc3ccccc23)=NO1)C(=O)CF. The maximum Gasteiger partial charge on any atom is 0.306 e. The molecule has 1 aromatic heterocycles. The number of oxime groups is 1. The number of hydrogen-bond acceptors (Lipinski definition) is 7. The summed E-state index contributed by atoms with van der Waals surface area (Å²) >= 11 is 0. The van der Waals surface area contributed by atoms with Gasteiger partial charge in [0.05, 0.1) is 18.2 Å². The lowest BCUT2D eigenvalue weighted by Crippen LogP contribution is -2.45. The van der Waals surface area contributed by atoms with Crippen molar-refractivity contribution in [2.75, 3.05) is 6.67 Å². The first kappa shape index (κ1) is 24.5. The van der Waals surface area contributed by atoms with Crippen molar-refractivity contribution in [3.8, 4) is 0 Å². The Morgan fingerprint density at radius 1 is 1.12 bits per heavy atom. The van der Waals surface area contributed by atoms with Gasteiger partial charge < -0.3 is 9.57 Å². The Morgan fingerprint density at radius 3 is 2.52 bits per heavy atom. The predicted molar refractivity (Wildman–Crippen MR) is 121 cm³/mol. The number of benzene rings is 1. The number of alkyl halides is 1. The van der Waals surface area contributed by atoms with Gasteiger partial charge in [-0.15, -0.1) is 0 Å². The first-order chi connectivity index (χ1) is 15.7. The molecule has 33 heavy (non-hydrogen) atoms. The third-order valence-electron chi connectivity index (χ3n) is 5.90. The van der Waals surface area contributed by atoms with E-state index in [1.54, 1.807) is 20.0 Å². The Bertz CT molecular complexity index is 1080. The average Bonchev–Trinajstić information content (AvgIpc) is 3.24. The fraction of sp³-hybridized carbons (Fsp3) is 0.480. The highest BCUT2D eigenvalue weighted by Crippen LogP contribution is 2.37. The van der Waals surface area contributed by atoms with Crippen molar-refractivity contribution < 1.29 is 28.3 Å². The normalized spacial score (nSPS) is 18.8. The number of aromatic nitrogens is 1. The van der Waals surface area contributed by atoms with E-state index in [2.05, 4.69) is 10.1 Å². The quantitative estimate of drug-likeness (QED) is 0.497. The summed E-state index contributed by atoms with van der Waals surface area (Å²) in [4.78, 5) is 47.9. The van der Waals surface area contributed by atoms with E-state index < -0.39 is 35.7 Å². The van der Waals surface area contributed by atoms with Crippen molar-refractivity contribution in [2.45, 2.75) is 58.7 Å². The standard InChI is InChI=1S/C25H29FN2O5/c1-15(2)25(22(30)11-18(21(29)14-26)12-23(31)32-16(3)4)13-20(28-33-25)24-19-8-6-5-7-17(19)9-10-27-24/h5-10,15-16,18H,11-14H2,1-4H3/t18-,25+/m0/s1. The van der Waals surface area contributed by atoms with Crippen molar-refractivity contribution in [3.63, 3.8) is 0 Å². The molecule has 0 radical (unpaired) electrons. The molecule has 0 aliphatic carbocycles. The number of fused-ring (bicyclic) bond motifs is 1. The number of carbonyl (C=O) groups excluding carboxylic acids is 3. The van der Waals surface area contributed by atoms with E-state index in [-0.39, 0.29) is 31.3 Å². The van der Waals surface area contributed by atoms with Gasteiger partial charge in [-0.05, 0) is 25.3 Å². The molecule has 0 fully saturated rings. The topological polar surface area (TPSA) is 94.9 Å². The van der Waals surface area contributed by atoms with Crippen molar-refractivity contribution in [3.05, 3.63) is 42.2 Å². The number of ether oxygens (including phenoxy) is 1. The van der Waals surface area contributed by atoms with Crippen LogP contribution in [0.3, 0.4) is 0 Å². The molecule has 0 unspecified atom stereocenters. The van der Waals surface area contributed by atoms with E-state index in [9.17, 15) is 18.8 Å². The number of nitrogens with zero attached hydrogens (tertiary/aromatic N) is 2. The maximum atomic E-state index is 13.4. The molecule has 7 nitrogen and oxygen atoms in total. The minimum Gasteiger partial charge on any atom is -0.463 e. The van der Waals surface area contributed by atoms with Crippen LogP contribution >= 0.6 is 0 Å². The highest BCUT2D eigenvalue weighted by Gasteiger charge is 2.50. The molecule has 0 saturated carbocycles. The van der Waals surface area contributed by atoms with Crippen molar-refractivity contribution in [2.24, 2.45) is 17.0 Å². The molecule has 0 amide bonds. The lowest BCUT2D eigenvalue weighted by molar-refractivity contribution is -0.153. The number of ketones is 2. The molecule has 1 aliphatic rings. The monoisotopic (exact) mass is 456 g/mol. The zero-order chi connectivity index (χ0) is 24.2. The molecule has 8 heteroatoms. The largest absolute Gasteiger partial charge is 0.463 e. The third-order valence-corrected chi connectivity index (χ3v) is 5.90. The fourth-order valence-corrected chi connectivity index (χ4v) is 4.03. The third kappa shape index (κ3) is 5.26. The Labute approximate surface area is 192 Å². The lowest BCUT2D eigenvalue weighted by Gasteiger charge is -2.30. The summed E-state index contributed by atoms with van der Waals surface area (Å²) in [7, 11) is 0. The molecule has 1 aromatic carbocycles. The number of halogens is 1. The van der Waals surface area contributed by atoms with Crippen LogP contribution in [0.5, 0.6) is 0 Å². The lowest BCUT2D eigenvalue weighted by atomic mass is 9.77. The van der Waals surface area contributed by atoms with Gasteiger partial charge in [-0.1, -0.05) is 43.3 Å². The smallest absolute Gasteiger partial charge is 0.306 e. The molecule has 2 heterocycles. The van der Waals surface area contributed by atoms with Crippen LogP contribution in [0.25, 0.3) is 10.8 Å². The van der Waals surface area contributed by atoms with Crippen LogP contribution in [0.15, 0.2) is 41.7 Å². The number of hydrogen-bond donors (Lipinski definition) is 0. The summed E-state index contributed by atoms with van der Waals surface area (Å²) in [5.41, 5.74) is -0.174. The summed E-state index contributed by atoms with van der Waals surface area (Å²) in [6.07, 6.45) is 0.767. The Balaban J connectivity index is 1.84. The Kier molecular flexibility index (Phi) is 7.56. The summed E-state index contributed by atoms with van der Waals surface area (Å²) in [5, 5.41) is 6.08. The van der Waals surface area contributed by atoms with E-state index in [1.807, 2.05) is 44.2 Å². The predicted octanol–water partition coefficient (Wildman–Crippen LogP) is 4.21. The second kappa shape index (κ2) is 10.2. The molecule has 0 spiro atoms. The summed E-state index contributed by atoms with van der Waals surface area (Å²) in [6.45, 7) is 5.74. The summed E-state index contributed by atoms with van der Waals surface area (Å²) < 4.78 is 18.3. The van der Waals surface area contributed by atoms with Crippen LogP contribution in [-0.4, -0.2) is 46.6 Å². The molecule has 0 bridgehead atoms. The summed E-state index contributed by atoms with van der Waals surface area (Å²) in [6, 6.07) is 9.59. The molecule has 0 saturated heterocycles. The van der Waals surface area contributed by atoms with Gasteiger partial charge in [0.1, 0.15) is 12.4 Å². The van der Waals surface area contributed by atoms with E-state index in [1.165, 1.54) is 0 Å². The zero-order valence-corrected chi connectivity index (χ0v) is 19.3. The van der Waals surface area contributed by atoms with Crippen LogP contribution in [0.4, 0.5) is 4.39 Å². The molecule has 2 atom stereocenters. The van der Waals surface area contributed by atoms with Crippen LogP contribution in [0, 0.1) is 11.8 Å². The Hall–Kier alpha value is -3.16. The number of pyridine rings is 1. The maximum absolute atomic E-state index is 13.4. The minimum absolute atomic E-state index is 0.164. The van der Waals surface area contributed by atoms with E-state index >= 15 is 0 Å².